The third-order valence-electron chi connectivity index (χ3n) is 4.14. The smallest absolute Gasteiger partial charge is 0.222 e. The fraction of sp³-hybridized carbons (Fsp3) is 0.500. The first-order valence-electron chi connectivity index (χ1n) is 8.08. The third kappa shape index (κ3) is 3.70. The fourth-order valence-corrected chi connectivity index (χ4v) is 2.92. The van der Waals surface area contributed by atoms with Crippen molar-refractivity contribution in [3.05, 3.63) is 18.5 Å². The van der Waals surface area contributed by atoms with Crippen molar-refractivity contribution in [2.24, 2.45) is 0 Å². The largest absolute Gasteiger partial charge is 0.384 e. The van der Waals surface area contributed by atoms with Gasteiger partial charge in [-0.15, -0.1) is 0 Å². The van der Waals surface area contributed by atoms with Crippen LogP contribution < -0.4 is 16.0 Å². The van der Waals surface area contributed by atoms with E-state index in [-0.39, 0.29) is 11.9 Å². The van der Waals surface area contributed by atoms with Gasteiger partial charge in [0.25, 0.3) is 0 Å². The quantitative estimate of drug-likeness (QED) is 0.832. The minimum Gasteiger partial charge on any atom is -0.384 e. The average Bonchev–Trinajstić information content (AvgIpc) is 2.60. The molecule has 0 aliphatic carbocycles. The number of nitrogen functional groups attached to an aromatic ring is 1. The number of anilines is 2. The molecule has 2 aromatic heterocycles. The minimum absolute atomic E-state index is 0.0211. The number of carbonyl (C=O) groups is 1. The number of hydrogen-bond acceptors (Lipinski definition) is 7. The molecule has 0 radical (unpaired) electrons. The van der Waals surface area contributed by atoms with E-state index in [4.69, 9.17) is 10.5 Å². The van der Waals surface area contributed by atoms with Crippen LogP contribution in [0.2, 0.25) is 0 Å². The lowest BCUT2D eigenvalue weighted by Gasteiger charge is -2.34. The number of piperidine rings is 1. The number of methoxy groups -OCH3 is 1. The van der Waals surface area contributed by atoms with Crippen LogP contribution in [0.15, 0.2) is 18.5 Å². The van der Waals surface area contributed by atoms with Crippen molar-refractivity contribution in [1.29, 1.82) is 0 Å². The molecule has 3 rings (SSSR count). The van der Waals surface area contributed by atoms with Gasteiger partial charge in [0, 0.05) is 32.7 Å². The van der Waals surface area contributed by atoms with Gasteiger partial charge in [-0.25, -0.2) is 15.0 Å². The molecule has 24 heavy (non-hydrogen) atoms. The maximum atomic E-state index is 11.9. The van der Waals surface area contributed by atoms with Crippen LogP contribution in [0.4, 0.5) is 11.6 Å². The number of nitrogens with zero attached hydrogens (tertiary/aromatic N) is 4. The molecule has 8 heteroatoms. The van der Waals surface area contributed by atoms with Gasteiger partial charge < -0.3 is 20.7 Å². The Hall–Kier alpha value is -2.48. The molecule has 0 spiro atoms. The molecule has 8 nitrogen and oxygen atoms in total. The Morgan fingerprint density at radius 3 is 3.17 bits per heavy atom. The molecular weight excluding hydrogens is 308 g/mol. The van der Waals surface area contributed by atoms with Gasteiger partial charge in [0.2, 0.25) is 5.91 Å². The number of amides is 1. The summed E-state index contributed by atoms with van der Waals surface area (Å²) in [5.41, 5.74) is 7.23. The summed E-state index contributed by atoms with van der Waals surface area (Å²) in [6.45, 7) is 2.06. The van der Waals surface area contributed by atoms with E-state index in [1.165, 1.54) is 6.33 Å². The molecule has 1 saturated heterocycles. The second-order valence-corrected chi connectivity index (χ2v) is 5.89. The zero-order valence-electron chi connectivity index (χ0n) is 13.7. The zero-order valence-corrected chi connectivity index (χ0v) is 13.7. The maximum Gasteiger partial charge on any atom is 0.222 e. The first-order valence-corrected chi connectivity index (χ1v) is 8.08. The number of carbonyl (C=O) groups excluding carboxylic acids is 1. The van der Waals surface area contributed by atoms with Crippen LogP contribution in [-0.4, -0.2) is 53.7 Å². The Labute approximate surface area is 140 Å². The van der Waals surface area contributed by atoms with Crippen LogP contribution in [0.1, 0.15) is 19.3 Å². The Kier molecular flexibility index (Phi) is 5.05. The highest BCUT2D eigenvalue weighted by atomic mass is 16.5. The van der Waals surface area contributed by atoms with Crippen molar-refractivity contribution in [2.45, 2.75) is 25.3 Å². The summed E-state index contributed by atoms with van der Waals surface area (Å²) >= 11 is 0. The molecular formula is C16H22N6O2. The van der Waals surface area contributed by atoms with Gasteiger partial charge in [0.05, 0.1) is 12.1 Å². The van der Waals surface area contributed by atoms with Gasteiger partial charge in [-0.1, -0.05) is 0 Å². The SMILES string of the molecule is COCCC(=O)N[C@H]1CCCN(c2ccc3ncnc(N)c3n2)C1. The predicted molar refractivity (Wildman–Crippen MR) is 91.6 cm³/mol. The predicted octanol–water partition coefficient (Wildman–Crippen LogP) is 0.728. The Morgan fingerprint density at radius 1 is 1.46 bits per heavy atom. The van der Waals surface area contributed by atoms with E-state index >= 15 is 0 Å². The van der Waals surface area contributed by atoms with Crippen LogP contribution in [0.3, 0.4) is 0 Å². The van der Waals surface area contributed by atoms with Crippen LogP contribution in [0.25, 0.3) is 11.0 Å². The molecule has 0 aromatic carbocycles. The molecule has 2 aromatic rings. The third-order valence-corrected chi connectivity index (χ3v) is 4.14. The lowest BCUT2D eigenvalue weighted by atomic mass is 10.1. The Morgan fingerprint density at radius 2 is 2.33 bits per heavy atom. The number of ether oxygens (including phenoxy) is 1. The highest BCUT2D eigenvalue weighted by Gasteiger charge is 2.22. The monoisotopic (exact) mass is 330 g/mol. The molecule has 1 amide bonds. The summed E-state index contributed by atoms with van der Waals surface area (Å²) in [5, 5.41) is 3.06. The molecule has 3 heterocycles. The molecule has 3 N–H and O–H groups in total. The number of rotatable bonds is 5. The van der Waals surface area contributed by atoms with Crippen molar-refractivity contribution < 1.29 is 9.53 Å². The van der Waals surface area contributed by atoms with E-state index in [9.17, 15) is 4.79 Å². The van der Waals surface area contributed by atoms with Gasteiger partial charge in [-0.05, 0) is 25.0 Å². The van der Waals surface area contributed by atoms with Crippen molar-refractivity contribution in [1.82, 2.24) is 20.3 Å². The molecule has 0 unspecified atom stereocenters. The van der Waals surface area contributed by atoms with Gasteiger partial charge in [-0.2, -0.15) is 0 Å². The van der Waals surface area contributed by atoms with Gasteiger partial charge in [0.1, 0.15) is 17.7 Å². The zero-order chi connectivity index (χ0) is 16.9. The number of pyridine rings is 1. The summed E-state index contributed by atoms with van der Waals surface area (Å²) < 4.78 is 4.94. The first-order chi connectivity index (χ1) is 11.7. The maximum absolute atomic E-state index is 11.9. The van der Waals surface area contributed by atoms with Crippen molar-refractivity contribution in [3.8, 4) is 0 Å². The number of aromatic nitrogens is 3. The molecule has 0 bridgehead atoms. The summed E-state index contributed by atoms with van der Waals surface area (Å²) in [6.07, 6.45) is 3.78. The van der Waals surface area contributed by atoms with Gasteiger partial charge in [0.15, 0.2) is 5.82 Å². The van der Waals surface area contributed by atoms with E-state index in [0.29, 0.717) is 24.4 Å². The first kappa shape index (κ1) is 16.4. The van der Waals surface area contributed by atoms with E-state index in [1.54, 1.807) is 7.11 Å². The van der Waals surface area contributed by atoms with Crippen LogP contribution in [-0.2, 0) is 9.53 Å². The number of fused-ring (bicyclic) bond motifs is 1. The minimum atomic E-state index is 0.0211. The van der Waals surface area contributed by atoms with Crippen molar-refractivity contribution in [3.63, 3.8) is 0 Å². The summed E-state index contributed by atoms with van der Waals surface area (Å²) in [4.78, 5) is 26.8. The van der Waals surface area contributed by atoms with Gasteiger partial charge >= 0.3 is 0 Å². The topological polar surface area (TPSA) is 106 Å². The summed E-state index contributed by atoms with van der Waals surface area (Å²) in [6, 6.07) is 3.95. The van der Waals surface area contributed by atoms with E-state index < -0.39 is 0 Å². The van der Waals surface area contributed by atoms with Crippen molar-refractivity contribution >= 4 is 28.6 Å². The summed E-state index contributed by atoms with van der Waals surface area (Å²) in [7, 11) is 1.59. The normalized spacial score (nSPS) is 17.9. The molecule has 1 aliphatic heterocycles. The van der Waals surface area contributed by atoms with Crippen LogP contribution in [0, 0.1) is 0 Å². The molecule has 1 aliphatic rings. The highest BCUT2D eigenvalue weighted by molar-refractivity contribution is 5.85. The number of nitrogens with one attached hydrogen (secondary N) is 1. The van der Waals surface area contributed by atoms with Crippen molar-refractivity contribution in [2.75, 3.05) is 37.4 Å². The lowest BCUT2D eigenvalue weighted by molar-refractivity contribution is -0.122. The van der Waals surface area contributed by atoms with E-state index in [0.717, 1.165) is 37.3 Å². The van der Waals surface area contributed by atoms with Crippen LogP contribution in [0.5, 0.6) is 0 Å². The van der Waals surface area contributed by atoms with Gasteiger partial charge in [-0.3, -0.25) is 4.79 Å². The van der Waals surface area contributed by atoms with E-state index in [2.05, 4.69) is 25.2 Å². The second-order valence-electron chi connectivity index (χ2n) is 5.89. The molecule has 1 fully saturated rings. The lowest BCUT2D eigenvalue weighted by Crippen LogP contribution is -2.48. The van der Waals surface area contributed by atoms with E-state index in [1.807, 2.05) is 12.1 Å². The molecule has 1 atom stereocenters. The molecule has 128 valence electrons. The number of hydrogen-bond donors (Lipinski definition) is 2. The summed E-state index contributed by atoms with van der Waals surface area (Å²) in [5.74, 6) is 1.23. The fourth-order valence-electron chi connectivity index (χ4n) is 2.92. The average molecular weight is 330 g/mol. The highest BCUT2D eigenvalue weighted by Crippen LogP contribution is 2.22. The van der Waals surface area contributed by atoms with Crippen LogP contribution >= 0.6 is 0 Å². The second kappa shape index (κ2) is 7.39. The number of nitrogens with two attached hydrogens (primary N) is 1. The standard InChI is InChI=1S/C16H22N6O2/c1-24-8-6-14(23)20-11-3-2-7-22(9-11)13-5-4-12-15(21-13)16(17)19-10-18-12/h4-5,10-11H,2-3,6-9H2,1H3,(H,20,23)(H2,17,18,19)/t11-/m0/s1. The molecule has 0 saturated carbocycles. The Balaban J connectivity index is 1.70. The Bertz CT molecular complexity index is 723.